The van der Waals surface area contributed by atoms with E-state index in [1.165, 1.54) is 18.5 Å². The molecule has 0 saturated heterocycles. The second kappa shape index (κ2) is 8.92. The lowest BCUT2D eigenvalue weighted by Crippen LogP contribution is -2.42. The molecule has 0 unspecified atom stereocenters. The highest BCUT2D eigenvalue weighted by molar-refractivity contribution is 7.89. The first kappa shape index (κ1) is 24.6. The Morgan fingerprint density at radius 2 is 1.86 bits per heavy atom. The maximum absolute atomic E-state index is 12.8. The molecule has 3 heterocycles. The van der Waals surface area contributed by atoms with E-state index < -0.39 is 27.1 Å². The molecule has 35 heavy (non-hydrogen) atoms. The predicted molar refractivity (Wildman–Crippen MR) is 122 cm³/mol. The fourth-order valence-corrected chi connectivity index (χ4v) is 4.77. The fraction of sp³-hybridized carbons (Fsp3) is 0.182. The van der Waals surface area contributed by atoms with Gasteiger partial charge >= 0.3 is 6.18 Å². The summed E-state index contributed by atoms with van der Waals surface area (Å²) < 4.78 is 66.5. The van der Waals surface area contributed by atoms with Crippen molar-refractivity contribution in [3.63, 3.8) is 0 Å². The molecule has 1 aromatic carbocycles. The zero-order valence-corrected chi connectivity index (χ0v) is 19.7. The van der Waals surface area contributed by atoms with Gasteiger partial charge < -0.3 is 0 Å². The number of hydrogen-bond donors (Lipinski definition) is 1. The fourth-order valence-electron chi connectivity index (χ4n) is 3.43. The Morgan fingerprint density at radius 1 is 1.17 bits per heavy atom. The van der Waals surface area contributed by atoms with Crippen LogP contribution >= 0.6 is 11.6 Å². The SMILES string of the molecule is Cc1cc2c(cc1Cl)c(C#N)c(-c1ccc(S(=O)(=O)N[C@@H](C)C(F)(F)F)cn1)n2-c1ncccn1. The summed E-state index contributed by atoms with van der Waals surface area (Å²) in [6.07, 6.45) is -0.793. The van der Waals surface area contributed by atoms with E-state index in [9.17, 15) is 26.9 Å². The van der Waals surface area contributed by atoms with E-state index in [1.807, 2.05) is 0 Å². The minimum absolute atomic E-state index is 0.182. The lowest BCUT2D eigenvalue weighted by atomic mass is 10.1. The molecule has 13 heteroatoms. The van der Waals surface area contributed by atoms with Crippen molar-refractivity contribution < 1.29 is 21.6 Å². The smallest absolute Gasteiger partial charge is 0.275 e. The molecular formula is C22H16ClF3N6O2S. The van der Waals surface area contributed by atoms with E-state index >= 15 is 0 Å². The molecule has 0 saturated carbocycles. The van der Waals surface area contributed by atoms with E-state index in [2.05, 4.69) is 21.0 Å². The van der Waals surface area contributed by atoms with Crippen molar-refractivity contribution in [2.45, 2.75) is 31.0 Å². The minimum atomic E-state index is -4.75. The van der Waals surface area contributed by atoms with Gasteiger partial charge in [0.15, 0.2) is 0 Å². The van der Waals surface area contributed by atoms with Gasteiger partial charge in [-0.1, -0.05) is 11.6 Å². The average molecular weight is 521 g/mol. The minimum Gasteiger partial charge on any atom is -0.275 e. The van der Waals surface area contributed by atoms with Crippen molar-refractivity contribution in [3.8, 4) is 23.4 Å². The van der Waals surface area contributed by atoms with Crippen LogP contribution in [0.4, 0.5) is 13.2 Å². The van der Waals surface area contributed by atoms with Crippen molar-refractivity contribution in [2.75, 3.05) is 0 Å². The Morgan fingerprint density at radius 3 is 2.43 bits per heavy atom. The summed E-state index contributed by atoms with van der Waals surface area (Å²) in [7, 11) is -4.50. The van der Waals surface area contributed by atoms with Crippen LogP contribution in [0.25, 0.3) is 28.2 Å². The second-order valence-electron chi connectivity index (χ2n) is 7.60. The first-order valence-corrected chi connectivity index (χ1v) is 11.9. The number of alkyl halides is 3. The second-order valence-corrected chi connectivity index (χ2v) is 9.72. The number of aryl methyl sites for hydroxylation is 1. The number of nitriles is 1. The van der Waals surface area contributed by atoms with Crippen LogP contribution in [-0.2, 0) is 10.0 Å². The Bertz CT molecular complexity index is 1560. The van der Waals surface area contributed by atoms with Crippen LogP contribution in [0.5, 0.6) is 0 Å². The molecule has 0 radical (unpaired) electrons. The number of benzene rings is 1. The van der Waals surface area contributed by atoms with Gasteiger partial charge in [-0.25, -0.2) is 18.4 Å². The van der Waals surface area contributed by atoms with Crippen LogP contribution in [0.1, 0.15) is 18.1 Å². The van der Waals surface area contributed by atoms with Gasteiger partial charge in [0.1, 0.15) is 17.0 Å². The van der Waals surface area contributed by atoms with E-state index in [1.54, 1.807) is 34.4 Å². The first-order valence-electron chi connectivity index (χ1n) is 10.0. The predicted octanol–water partition coefficient (Wildman–Crippen LogP) is 4.55. The normalized spacial score (nSPS) is 13.1. The van der Waals surface area contributed by atoms with Crippen molar-refractivity contribution in [1.29, 1.82) is 5.26 Å². The molecule has 0 spiro atoms. The first-order chi connectivity index (χ1) is 16.4. The molecule has 0 aliphatic rings. The van der Waals surface area contributed by atoms with Gasteiger partial charge in [0, 0.05) is 29.0 Å². The van der Waals surface area contributed by atoms with Crippen LogP contribution in [-0.4, -0.2) is 40.2 Å². The average Bonchev–Trinajstić information content (AvgIpc) is 3.12. The highest BCUT2D eigenvalue weighted by Crippen LogP contribution is 2.37. The van der Waals surface area contributed by atoms with Gasteiger partial charge in [-0.05, 0) is 49.7 Å². The third-order valence-corrected chi connectivity index (χ3v) is 7.16. The quantitative estimate of drug-likeness (QED) is 0.413. The largest absolute Gasteiger partial charge is 0.404 e. The summed E-state index contributed by atoms with van der Waals surface area (Å²) in [5.74, 6) is 0.231. The standard InChI is InChI=1S/C22H16ClF3N6O2S/c1-12-8-19-15(9-17(12)23)16(10-27)20(32(19)21-28-6-3-7-29-21)18-5-4-14(11-30-18)35(33,34)31-13(2)22(24,25)26/h3-9,11,13,31H,1-2H3/t13-/m0/s1. The zero-order chi connectivity index (χ0) is 25.5. The Hall–Kier alpha value is -3.53. The molecular weight excluding hydrogens is 505 g/mol. The lowest BCUT2D eigenvalue weighted by molar-refractivity contribution is -0.147. The topological polar surface area (TPSA) is 114 Å². The third kappa shape index (κ3) is 4.58. The highest BCUT2D eigenvalue weighted by atomic mass is 35.5. The molecule has 1 atom stereocenters. The summed E-state index contributed by atoms with van der Waals surface area (Å²) in [5, 5.41) is 10.9. The van der Waals surface area contributed by atoms with Crippen LogP contribution in [0, 0.1) is 18.3 Å². The summed E-state index contributed by atoms with van der Waals surface area (Å²) in [4.78, 5) is 12.2. The summed E-state index contributed by atoms with van der Waals surface area (Å²) >= 11 is 6.30. The molecule has 0 aliphatic carbocycles. The monoisotopic (exact) mass is 520 g/mol. The summed E-state index contributed by atoms with van der Waals surface area (Å²) in [6.45, 7) is 2.49. The van der Waals surface area contributed by atoms with Gasteiger partial charge in [-0.2, -0.15) is 23.2 Å². The molecule has 0 amide bonds. The summed E-state index contributed by atoms with van der Waals surface area (Å²) in [5.41, 5.74) is 1.96. The van der Waals surface area contributed by atoms with Gasteiger partial charge in [0.05, 0.1) is 22.5 Å². The van der Waals surface area contributed by atoms with E-state index in [0.29, 0.717) is 22.8 Å². The highest BCUT2D eigenvalue weighted by Gasteiger charge is 2.39. The van der Waals surface area contributed by atoms with Gasteiger partial charge in [-0.15, -0.1) is 0 Å². The van der Waals surface area contributed by atoms with Crippen molar-refractivity contribution in [1.82, 2.24) is 24.2 Å². The van der Waals surface area contributed by atoms with Crippen molar-refractivity contribution >= 4 is 32.5 Å². The van der Waals surface area contributed by atoms with Crippen molar-refractivity contribution in [2.24, 2.45) is 0 Å². The van der Waals surface area contributed by atoms with Crippen LogP contribution in [0.15, 0.2) is 53.8 Å². The molecule has 180 valence electrons. The van der Waals surface area contributed by atoms with Gasteiger partial charge in [0.25, 0.3) is 0 Å². The molecule has 1 N–H and O–H groups in total. The third-order valence-electron chi connectivity index (χ3n) is 5.22. The molecule has 0 aliphatic heterocycles. The van der Waals surface area contributed by atoms with Crippen LogP contribution in [0.2, 0.25) is 5.02 Å². The Balaban J connectivity index is 1.90. The van der Waals surface area contributed by atoms with Gasteiger partial charge in [0.2, 0.25) is 16.0 Å². The molecule has 3 aromatic heterocycles. The summed E-state index contributed by atoms with van der Waals surface area (Å²) in [6, 6.07) is 7.27. The number of fused-ring (bicyclic) bond motifs is 1. The van der Waals surface area contributed by atoms with E-state index in [4.69, 9.17) is 11.6 Å². The molecule has 8 nitrogen and oxygen atoms in total. The number of pyridine rings is 1. The maximum atomic E-state index is 12.8. The Kier molecular flexibility index (Phi) is 6.27. The number of nitrogens with zero attached hydrogens (tertiary/aromatic N) is 5. The number of rotatable bonds is 5. The molecule has 0 fully saturated rings. The number of sulfonamides is 1. The molecule has 0 bridgehead atoms. The van der Waals surface area contributed by atoms with Crippen LogP contribution in [0.3, 0.4) is 0 Å². The van der Waals surface area contributed by atoms with Gasteiger partial charge in [-0.3, -0.25) is 9.55 Å². The maximum Gasteiger partial charge on any atom is 0.404 e. The lowest BCUT2D eigenvalue weighted by Gasteiger charge is -2.17. The van der Waals surface area contributed by atoms with Crippen LogP contribution < -0.4 is 4.72 Å². The number of hydrogen-bond acceptors (Lipinski definition) is 6. The molecule has 4 rings (SSSR count). The Labute approximate surface area is 203 Å². The zero-order valence-electron chi connectivity index (χ0n) is 18.2. The van der Waals surface area contributed by atoms with Crippen molar-refractivity contribution in [3.05, 3.63) is 65.1 Å². The number of halogens is 4. The number of aromatic nitrogens is 4. The molecule has 4 aromatic rings. The van der Waals surface area contributed by atoms with E-state index in [0.717, 1.165) is 17.8 Å². The van der Waals surface area contributed by atoms with E-state index in [-0.39, 0.29) is 22.9 Å². The number of nitrogens with one attached hydrogen (secondary N) is 1.